The van der Waals surface area contributed by atoms with Gasteiger partial charge in [-0.25, -0.2) is 0 Å². The Morgan fingerprint density at radius 2 is 0.582 bits per heavy atom. The minimum absolute atomic E-state index is 0. The summed E-state index contributed by atoms with van der Waals surface area (Å²) in [6.45, 7) is 63.1. The highest BCUT2D eigenvalue weighted by molar-refractivity contribution is 7.99. The monoisotopic (exact) mass is 1180 g/mol. The molecule has 498 valence electrons. The first kappa shape index (κ1) is 113. The van der Waals surface area contributed by atoms with Gasteiger partial charge in [-0.2, -0.15) is 23.5 Å². The molecular formula is C64H163N11O2S2. The first-order valence-corrected chi connectivity index (χ1v) is 34.3. The van der Waals surface area contributed by atoms with Crippen molar-refractivity contribution >= 4 is 23.5 Å². The zero-order valence-electron chi connectivity index (χ0n) is 54.9. The van der Waals surface area contributed by atoms with Crippen molar-refractivity contribution in [1.29, 1.82) is 0 Å². The van der Waals surface area contributed by atoms with Crippen LogP contribution < -0.4 is 58.5 Å². The molecule has 0 bridgehead atoms. The molecule has 10 aliphatic rings. The second kappa shape index (κ2) is 153. The quantitative estimate of drug-likeness (QED) is 0.112. The van der Waals surface area contributed by atoms with Gasteiger partial charge in [0.2, 0.25) is 0 Å². The molecular weight excluding hydrogens is 1020 g/mol. The van der Waals surface area contributed by atoms with E-state index in [-0.39, 0.29) is 29.7 Å². The van der Waals surface area contributed by atoms with Crippen LogP contribution in [0.1, 0.15) is 239 Å². The Labute approximate surface area is 513 Å². The van der Waals surface area contributed by atoms with Crippen LogP contribution >= 0.6 is 23.5 Å². The predicted molar refractivity (Wildman–Crippen MR) is 383 cm³/mol. The normalized spacial score (nSPS) is 16.8. The predicted octanol–water partition coefficient (Wildman–Crippen LogP) is 15.0. The number of morpholine rings is 1. The Hall–Kier alpha value is -0.820. The second-order valence-electron chi connectivity index (χ2n) is 13.7. The van der Waals surface area contributed by atoms with Gasteiger partial charge in [-0.15, -0.1) is 0 Å². The van der Waals surface area contributed by atoms with Crippen molar-refractivity contribution in [2.75, 3.05) is 161 Å². The van der Waals surface area contributed by atoms with Gasteiger partial charge in [0.05, 0.1) is 19.9 Å². The number of piperazine rings is 1. The van der Waals surface area contributed by atoms with Crippen LogP contribution in [-0.4, -0.2) is 161 Å². The molecule has 0 spiro atoms. The van der Waals surface area contributed by atoms with Gasteiger partial charge < -0.3 is 68.0 Å². The average molecular weight is 1180 g/mol. The molecule has 0 radical (unpaired) electrons. The summed E-state index contributed by atoms with van der Waals surface area (Å²) >= 11 is 4.11. The Morgan fingerprint density at radius 1 is 0.253 bits per heavy atom. The molecule has 11 N–H and O–H groups in total. The number of hydrogen-bond acceptors (Lipinski definition) is 15. The maximum atomic E-state index is 5.01. The minimum Gasteiger partial charge on any atom is -0.391 e. The molecule has 79 heavy (non-hydrogen) atoms. The molecule has 0 aromatic rings. The third kappa shape index (κ3) is 149. The molecule has 10 rings (SSSR count). The highest BCUT2D eigenvalue weighted by atomic mass is 32.2. The molecule has 8 fully saturated rings. The lowest BCUT2D eigenvalue weighted by molar-refractivity contribution is 0.109. The van der Waals surface area contributed by atoms with Gasteiger partial charge in [-0.1, -0.05) is 181 Å². The molecule has 0 aromatic carbocycles. The summed E-state index contributed by atoms with van der Waals surface area (Å²) in [4.78, 5) is 0. The highest BCUT2D eigenvalue weighted by Gasteiger charge is 1.97. The number of nitrogens with one attached hydrogen (secondary N) is 11. The summed E-state index contributed by atoms with van der Waals surface area (Å²) < 4.78 is 9.95. The zero-order valence-corrected chi connectivity index (χ0v) is 56.5. The second-order valence-corrected chi connectivity index (χ2v) is 16.2. The maximum Gasteiger partial charge on any atom is 0.0840 e. The van der Waals surface area contributed by atoms with Gasteiger partial charge in [0.25, 0.3) is 0 Å². The third-order valence-corrected chi connectivity index (χ3v) is 10.8. The van der Waals surface area contributed by atoms with Crippen molar-refractivity contribution in [1.82, 2.24) is 58.5 Å². The number of piperidine rings is 1. The fourth-order valence-electron chi connectivity index (χ4n) is 5.39. The van der Waals surface area contributed by atoms with Crippen LogP contribution in [0.3, 0.4) is 0 Å². The maximum absolute atomic E-state index is 5.01. The molecule has 8 saturated heterocycles. The Bertz CT molecular complexity index is 577. The molecule has 10 aliphatic heterocycles. The largest absolute Gasteiger partial charge is 0.391 e. The Morgan fingerprint density at radius 3 is 0.709 bits per heavy atom. The number of ether oxygens (including phenoxy) is 2. The van der Waals surface area contributed by atoms with Crippen LogP contribution in [0.2, 0.25) is 0 Å². The number of hydrogen-bond donors (Lipinski definition) is 11. The fraction of sp³-hybridized carbons (Fsp3) is 0.938. The fourth-order valence-corrected chi connectivity index (χ4v) is 7.19. The van der Waals surface area contributed by atoms with Crippen molar-refractivity contribution in [2.45, 2.75) is 239 Å². The van der Waals surface area contributed by atoms with Crippen LogP contribution in [0.4, 0.5) is 0 Å². The molecule has 13 nitrogen and oxygen atoms in total. The summed E-state index contributed by atoms with van der Waals surface area (Å²) in [5.41, 5.74) is 0. The number of rotatable bonds is 0. The summed E-state index contributed by atoms with van der Waals surface area (Å²) in [5.74, 6) is 5.44. The first-order valence-electron chi connectivity index (χ1n) is 32.0. The SMILES string of the molecule is C.C.C.C.C1=CNCCC1.C1=CNCN1.C1CCNC1.C1CCNCC1.C1CCOC1.C1CCSC1.C1CNCCN1.C1CNCN1.C1COCCN1.C1CSCCN1.CC.CC.CC.CC.CC.CC.CC.CC.CC.CC. The van der Waals surface area contributed by atoms with Crippen LogP contribution in [0.5, 0.6) is 0 Å². The van der Waals surface area contributed by atoms with E-state index in [0.717, 1.165) is 98.7 Å². The van der Waals surface area contributed by atoms with Crippen LogP contribution in [-0.2, 0) is 9.47 Å². The van der Waals surface area contributed by atoms with Gasteiger partial charge in [0.15, 0.2) is 0 Å². The van der Waals surface area contributed by atoms with E-state index in [1.54, 1.807) is 0 Å². The lowest BCUT2D eigenvalue weighted by Gasteiger charge is -2.11. The Kier molecular flexibility index (Phi) is 218. The average Bonchev–Trinajstić information content (AvgIpc) is 4.43. The van der Waals surface area contributed by atoms with E-state index in [0.29, 0.717) is 0 Å². The van der Waals surface area contributed by atoms with E-state index >= 15 is 0 Å². The highest BCUT2D eigenvalue weighted by Crippen LogP contribution is 2.14. The van der Waals surface area contributed by atoms with E-state index in [1.807, 2.05) is 169 Å². The summed E-state index contributed by atoms with van der Waals surface area (Å²) in [6, 6.07) is 0. The molecule has 0 unspecified atom stereocenters. The lowest BCUT2D eigenvalue weighted by Crippen LogP contribution is -2.39. The van der Waals surface area contributed by atoms with E-state index in [9.17, 15) is 0 Å². The Balaban J connectivity index is -0.0000000476. The van der Waals surface area contributed by atoms with Crippen molar-refractivity contribution in [3.8, 4) is 0 Å². The summed E-state index contributed by atoms with van der Waals surface area (Å²) in [5, 5.41) is 34.6. The molecule has 0 atom stereocenters. The van der Waals surface area contributed by atoms with Gasteiger partial charge in [0, 0.05) is 116 Å². The zero-order chi connectivity index (χ0) is 58.9. The topological polar surface area (TPSA) is 151 Å². The smallest absolute Gasteiger partial charge is 0.0840 e. The van der Waals surface area contributed by atoms with Gasteiger partial charge in [0.1, 0.15) is 0 Å². The molecule has 0 aromatic heterocycles. The van der Waals surface area contributed by atoms with E-state index in [4.69, 9.17) is 9.47 Å². The minimum atomic E-state index is 0. The number of thioether (sulfide) groups is 2. The molecule has 10 heterocycles. The summed E-state index contributed by atoms with van der Waals surface area (Å²) in [7, 11) is 0. The van der Waals surface area contributed by atoms with E-state index < -0.39 is 0 Å². The van der Waals surface area contributed by atoms with Gasteiger partial charge >= 0.3 is 0 Å². The molecule has 0 saturated carbocycles. The van der Waals surface area contributed by atoms with E-state index in [1.165, 1.54) is 133 Å². The number of allylic oxidation sites excluding steroid dienone is 1. The van der Waals surface area contributed by atoms with Gasteiger partial charge in [-0.3, -0.25) is 0 Å². The van der Waals surface area contributed by atoms with Crippen molar-refractivity contribution in [3.63, 3.8) is 0 Å². The molecule has 15 heteroatoms. The van der Waals surface area contributed by atoms with Crippen molar-refractivity contribution in [2.24, 2.45) is 0 Å². The van der Waals surface area contributed by atoms with Gasteiger partial charge in [-0.05, 0) is 108 Å². The lowest BCUT2D eigenvalue weighted by atomic mass is 10.2. The van der Waals surface area contributed by atoms with E-state index in [2.05, 4.69) is 76.3 Å². The first-order chi connectivity index (χ1) is 37.5. The molecule has 0 amide bonds. The standard InChI is InChI=1S/C5H11N.C5H9N.C4H10N2.C4H9NO.C4H9NS.C4H9N.C4H8O.C4H8S.C3H8N2.C3H6N2.10C2H6.4CH4/c2*1-2-4-6-5-3-1;1-2-6-4-3-5-1;2*1-3-6-4-2-5-1;3*1-2-4-5-3-1;2*1-2-5-3-4-1;10*1-2;;;;/h6H,1-5H2;2,4,6H,1,3,5H2;5-6H,1-4H2;2*5H,1-4H2;5H,1-4H2;2*1-4H2;4-5H,1-3H2;1-2,4-5H,3H2;10*1-2H3;4*1H4. The van der Waals surface area contributed by atoms with Crippen LogP contribution in [0.15, 0.2) is 24.7 Å². The third-order valence-electron chi connectivity index (χ3n) is 8.65. The summed E-state index contributed by atoms with van der Waals surface area (Å²) in [6.07, 6.45) is 23.0. The molecule has 0 aliphatic carbocycles. The van der Waals surface area contributed by atoms with Crippen LogP contribution in [0.25, 0.3) is 0 Å². The van der Waals surface area contributed by atoms with Crippen molar-refractivity contribution in [3.05, 3.63) is 24.7 Å². The van der Waals surface area contributed by atoms with Crippen molar-refractivity contribution < 1.29 is 9.47 Å². The van der Waals surface area contributed by atoms with Crippen LogP contribution in [0, 0.1) is 0 Å².